The number of ether oxygens (including phenoxy) is 2. The zero-order valence-corrected chi connectivity index (χ0v) is 11.1. The van der Waals surface area contributed by atoms with Crippen LogP contribution < -0.4 is 15.2 Å². The Kier molecular flexibility index (Phi) is 4.44. The summed E-state index contributed by atoms with van der Waals surface area (Å²) in [6.07, 6.45) is -0.499. The topological polar surface area (TPSA) is 77.1 Å². The Bertz CT molecular complexity index is 567. The van der Waals surface area contributed by atoms with Crippen LogP contribution in [0, 0.1) is 0 Å². The van der Waals surface area contributed by atoms with Crippen molar-refractivity contribution in [1.29, 1.82) is 0 Å². The minimum absolute atomic E-state index is 0.0228. The van der Waals surface area contributed by atoms with E-state index in [0.717, 1.165) is 5.75 Å². The molecule has 0 bridgehead atoms. The van der Waals surface area contributed by atoms with Crippen molar-refractivity contribution in [3.05, 3.63) is 54.6 Å². The fourth-order valence-corrected chi connectivity index (χ4v) is 1.56. The molecule has 0 saturated heterocycles. The second-order valence-electron chi connectivity index (χ2n) is 4.17. The molecule has 20 heavy (non-hydrogen) atoms. The first-order valence-corrected chi connectivity index (χ1v) is 6.16. The molecule has 5 nitrogen and oxygen atoms in total. The summed E-state index contributed by atoms with van der Waals surface area (Å²) < 4.78 is 11.2. The molecule has 1 atom stereocenters. The van der Waals surface area contributed by atoms with Crippen molar-refractivity contribution in [3.63, 3.8) is 0 Å². The second kappa shape index (κ2) is 6.47. The van der Waals surface area contributed by atoms with Crippen molar-refractivity contribution in [2.45, 2.75) is 13.0 Å². The fraction of sp³-hybridized carbons (Fsp3) is 0.133. The zero-order chi connectivity index (χ0) is 14.4. The SMILES string of the molecule is CC(Oc1ccc(Oc2ccccc2)cc1)C(N)=NO. The lowest BCUT2D eigenvalue weighted by atomic mass is 10.3. The van der Waals surface area contributed by atoms with E-state index in [9.17, 15) is 0 Å². The van der Waals surface area contributed by atoms with Gasteiger partial charge in [0.2, 0.25) is 0 Å². The van der Waals surface area contributed by atoms with Crippen LogP contribution in [0.2, 0.25) is 0 Å². The van der Waals surface area contributed by atoms with E-state index in [1.54, 1.807) is 31.2 Å². The monoisotopic (exact) mass is 272 g/mol. The number of hydrogen-bond donors (Lipinski definition) is 2. The Labute approximate surface area is 117 Å². The van der Waals surface area contributed by atoms with Crippen LogP contribution in [0.15, 0.2) is 59.8 Å². The van der Waals surface area contributed by atoms with Crippen LogP contribution in [-0.4, -0.2) is 17.1 Å². The number of oxime groups is 1. The van der Waals surface area contributed by atoms with Crippen molar-refractivity contribution in [3.8, 4) is 17.2 Å². The third-order valence-electron chi connectivity index (χ3n) is 2.65. The summed E-state index contributed by atoms with van der Waals surface area (Å²) in [5.41, 5.74) is 5.45. The third kappa shape index (κ3) is 3.65. The molecule has 2 aromatic carbocycles. The minimum atomic E-state index is -0.499. The van der Waals surface area contributed by atoms with E-state index in [1.165, 1.54) is 0 Å². The molecule has 5 heteroatoms. The van der Waals surface area contributed by atoms with Gasteiger partial charge in [-0.1, -0.05) is 23.4 Å². The summed E-state index contributed by atoms with van der Waals surface area (Å²) in [5.74, 6) is 2.12. The van der Waals surface area contributed by atoms with Crippen molar-refractivity contribution in [2.75, 3.05) is 0 Å². The van der Waals surface area contributed by atoms with Crippen LogP contribution >= 0.6 is 0 Å². The number of para-hydroxylation sites is 1. The lowest BCUT2D eigenvalue weighted by molar-refractivity contribution is 0.265. The van der Waals surface area contributed by atoms with Crippen LogP contribution in [0.5, 0.6) is 17.2 Å². The highest BCUT2D eigenvalue weighted by Crippen LogP contribution is 2.23. The molecule has 1 unspecified atom stereocenters. The van der Waals surface area contributed by atoms with Gasteiger partial charge in [0, 0.05) is 0 Å². The standard InChI is InChI=1S/C15H16N2O3/c1-11(15(16)17-18)19-13-7-9-14(10-8-13)20-12-5-3-2-4-6-12/h2-11,18H,1H3,(H2,16,17). The first kappa shape index (κ1) is 13.7. The maximum absolute atomic E-state index is 8.55. The van der Waals surface area contributed by atoms with E-state index < -0.39 is 6.10 Å². The van der Waals surface area contributed by atoms with E-state index in [0.29, 0.717) is 11.5 Å². The maximum Gasteiger partial charge on any atom is 0.180 e. The number of hydrogen-bond acceptors (Lipinski definition) is 4. The smallest absolute Gasteiger partial charge is 0.180 e. The summed E-state index contributed by atoms with van der Waals surface area (Å²) in [4.78, 5) is 0. The van der Waals surface area contributed by atoms with Gasteiger partial charge >= 0.3 is 0 Å². The number of nitrogens with zero attached hydrogens (tertiary/aromatic N) is 1. The molecule has 0 amide bonds. The Morgan fingerprint density at radius 1 is 1.00 bits per heavy atom. The quantitative estimate of drug-likeness (QED) is 0.379. The van der Waals surface area contributed by atoms with Gasteiger partial charge in [-0.15, -0.1) is 0 Å². The van der Waals surface area contributed by atoms with Crippen LogP contribution in [0.1, 0.15) is 6.92 Å². The maximum atomic E-state index is 8.55. The largest absolute Gasteiger partial charge is 0.483 e. The average molecular weight is 272 g/mol. The molecule has 2 aromatic rings. The summed E-state index contributed by atoms with van der Waals surface area (Å²) in [6, 6.07) is 16.6. The second-order valence-corrected chi connectivity index (χ2v) is 4.17. The highest BCUT2D eigenvalue weighted by molar-refractivity contribution is 5.84. The van der Waals surface area contributed by atoms with Gasteiger partial charge in [0.1, 0.15) is 17.2 Å². The van der Waals surface area contributed by atoms with E-state index in [4.69, 9.17) is 20.4 Å². The Morgan fingerprint density at radius 2 is 1.55 bits per heavy atom. The van der Waals surface area contributed by atoms with Gasteiger partial charge in [-0.2, -0.15) is 0 Å². The molecular formula is C15H16N2O3. The first-order valence-electron chi connectivity index (χ1n) is 6.16. The zero-order valence-electron chi connectivity index (χ0n) is 11.1. The Hall–Kier alpha value is -2.69. The number of nitrogens with two attached hydrogens (primary N) is 1. The molecule has 0 radical (unpaired) electrons. The summed E-state index contributed by atoms with van der Waals surface area (Å²) in [5, 5.41) is 11.5. The first-order chi connectivity index (χ1) is 9.69. The highest BCUT2D eigenvalue weighted by atomic mass is 16.5. The summed E-state index contributed by atoms with van der Waals surface area (Å²) in [7, 11) is 0. The minimum Gasteiger partial charge on any atom is -0.483 e. The molecule has 3 N–H and O–H groups in total. The van der Waals surface area contributed by atoms with Crippen LogP contribution in [0.25, 0.3) is 0 Å². The molecule has 0 fully saturated rings. The molecule has 0 aliphatic carbocycles. The van der Waals surface area contributed by atoms with E-state index in [1.807, 2.05) is 30.3 Å². The number of amidine groups is 1. The van der Waals surface area contributed by atoms with Gasteiger partial charge in [0.05, 0.1) is 0 Å². The van der Waals surface area contributed by atoms with Gasteiger partial charge in [0.25, 0.3) is 0 Å². The van der Waals surface area contributed by atoms with Crippen LogP contribution in [0.3, 0.4) is 0 Å². The van der Waals surface area contributed by atoms with Gasteiger partial charge in [0.15, 0.2) is 11.9 Å². The summed E-state index contributed by atoms with van der Waals surface area (Å²) >= 11 is 0. The van der Waals surface area contributed by atoms with Gasteiger partial charge in [-0.25, -0.2) is 0 Å². The van der Waals surface area contributed by atoms with Crippen molar-refractivity contribution >= 4 is 5.84 Å². The molecule has 2 rings (SSSR count). The number of benzene rings is 2. The number of rotatable bonds is 5. The average Bonchev–Trinajstić information content (AvgIpc) is 2.49. The van der Waals surface area contributed by atoms with Gasteiger partial charge < -0.3 is 20.4 Å². The fourth-order valence-electron chi connectivity index (χ4n) is 1.56. The molecule has 0 saturated carbocycles. The predicted molar refractivity (Wildman–Crippen MR) is 76.5 cm³/mol. The lowest BCUT2D eigenvalue weighted by Gasteiger charge is -2.13. The molecule has 0 spiro atoms. The van der Waals surface area contributed by atoms with E-state index in [2.05, 4.69) is 5.16 Å². The van der Waals surface area contributed by atoms with E-state index >= 15 is 0 Å². The normalized spacial score (nSPS) is 12.8. The lowest BCUT2D eigenvalue weighted by Crippen LogP contribution is -2.31. The molecule has 0 heterocycles. The molecule has 104 valence electrons. The van der Waals surface area contributed by atoms with Crippen molar-refractivity contribution < 1.29 is 14.7 Å². The molecule has 0 aliphatic rings. The highest BCUT2D eigenvalue weighted by Gasteiger charge is 2.09. The van der Waals surface area contributed by atoms with Crippen molar-refractivity contribution in [2.24, 2.45) is 10.9 Å². The third-order valence-corrected chi connectivity index (χ3v) is 2.65. The van der Waals surface area contributed by atoms with Crippen LogP contribution in [0.4, 0.5) is 0 Å². The molecular weight excluding hydrogens is 256 g/mol. The Balaban J connectivity index is 2.00. The Morgan fingerprint density at radius 3 is 2.15 bits per heavy atom. The van der Waals surface area contributed by atoms with Crippen LogP contribution in [-0.2, 0) is 0 Å². The van der Waals surface area contributed by atoms with Gasteiger partial charge in [-0.3, -0.25) is 0 Å². The summed E-state index contributed by atoms with van der Waals surface area (Å²) in [6.45, 7) is 1.70. The molecule has 0 aliphatic heterocycles. The molecule has 0 aromatic heterocycles. The van der Waals surface area contributed by atoms with Gasteiger partial charge in [-0.05, 0) is 43.3 Å². The predicted octanol–water partition coefficient (Wildman–Crippen LogP) is 2.99. The van der Waals surface area contributed by atoms with Crippen molar-refractivity contribution in [1.82, 2.24) is 0 Å². The van der Waals surface area contributed by atoms with E-state index in [-0.39, 0.29) is 5.84 Å².